The van der Waals surface area contributed by atoms with Gasteiger partial charge in [-0.3, -0.25) is 9.80 Å². The van der Waals surface area contributed by atoms with Gasteiger partial charge in [-0.2, -0.15) is 0 Å². The lowest BCUT2D eigenvalue weighted by atomic mass is 10.0. The third-order valence-electron chi connectivity index (χ3n) is 4.61. The summed E-state index contributed by atoms with van der Waals surface area (Å²) in [5.74, 6) is 0. The van der Waals surface area contributed by atoms with Gasteiger partial charge < -0.3 is 10.8 Å². The molecule has 2 saturated heterocycles. The Balaban J connectivity index is 1.96. The van der Waals surface area contributed by atoms with Crippen LogP contribution in [0.25, 0.3) is 0 Å². The van der Waals surface area contributed by atoms with Crippen LogP contribution in [0.1, 0.15) is 39.0 Å². The minimum atomic E-state index is 0.118. The van der Waals surface area contributed by atoms with Crippen molar-refractivity contribution < 1.29 is 5.11 Å². The van der Waals surface area contributed by atoms with E-state index in [1.807, 2.05) is 0 Å². The maximum absolute atomic E-state index is 9.67. The number of rotatable bonds is 5. The predicted molar refractivity (Wildman–Crippen MR) is 74.5 cm³/mol. The third-order valence-corrected chi connectivity index (χ3v) is 4.61. The standard InChI is InChI=1S/C14H29N3O/c1-2-5-13(15)14(11-18)17-9-4-8-16-7-3-6-12(16)10-17/h12-14,18H,2-11,15H2,1H3. The Bertz CT molecular complexity index is 249. The second-order valence-electron chi connectivity index (χ2n) is 5.88. The van der Waals surface area contributed by atoms with E-state index in [9.17, 15) is 5.11 Å². The molecule has 2 aliphatic rings. The maximum Gasteiger partial charge on any atom is 0.0601 e. The topological polar surface area (TPSA) is 52.7 Å². The molecule has 4 nitrogen and oxygen atoms in total. The largest absolute Gasteiger partial charge is 0.395 e. The van der Waals surface area contributed by atoms with Crippen molar-refractivity contribution in [1.29, 1.82) is 0 Å². The molecule has 4 heteroatoms. The number of nitrogens with zero attached hydrogens (tertiary/aromatic N) is 2. The van der Waals surface area contributed by atoms with Crippen LogP contribution in [-0.2, 0) is 0 Å². The van der Waals surface area contributed by atoms with Crippen LogP contribution in [0.15, 0.2) is 0 Å². The first-order valence-corrected chi connectivity index (χ1v) is 7.60. The summed E-state index contributed by atoms with van der Waals surface area (Å²) in [6, 6.07) is 0.980. The third kappa shape index (κ3) is 3.23. The molecular formula is C14H29N3O. The highest BCUT2D eigenvalue weighted by atomic mass is 16.3. The van der Waals surface area contributed by atoms with E-state index in [1.165, 1.54) is 32.4 Å². The van der Waals surface area contributed by atoms with E-state index in [1.54, 1.807) is 0 Å². The summed E-state index contributed by atoms with van der Waals surface area (Å²) in [7, 11) is 0. The summed E-state index contributed by atoms with van der Waals surface area (Å²) in [5.41, 5.74) is 6.24. The molecule has 0 aromatic rings. The fraction of sp³-hybridized carbons (Fsp3) is 1.00. The molecule has 2 aliphatic heterocycles. The molecule has 0 amide bonds. The first kappa shape index (κ1) is 14.3. The minimum absolute atomic E-state index is 0.118. The smallest absolute Gasteiger partial charge is 0.0601 e. The van der Waals surface area contributed by atoms with E-state index in [2.05, 4.69) is 16.7 Å². The van der Waals surface area contributed by atoms with Crippen molar-refractivity contribution >= 4 is 0 Å². The molecule has 0 aromatic carbocycles. The van der Waals surface area contributed by atoms with E-state index in [0.29, 0.717) is 6.04 Å². The van der Waals surface area contributed by atoms with Gasteiger partial charge in [-0.25, -0.2) is 0 Å². The fourth-order valence-electron chi connectivity index (χ4n) is 3.58. The maximum atomic E-state index is 9.67. The first-order chi connectivity index (χ1) is 8.76. The van der Waals surface area contributed by atoms with Crippen molar-refractivity contribution in [1.82, 2.24) is 9.80 Å². The van der Waals surface area contributed by atoms with Gasteiger partial charge in [0.1, 0.15) is 0 Å². The molecule has 106 valence electrons. The van der Waals surface area contributed by atoms with E-state index >= 15 is 0 Å². The Morgan fingerprint density at radius 3 is 2.78 bits per heavy atom. The zero-order chi connectivity index (χ0) is 13.0. The molecule has 0 aliphatic carbocycles. The Morgan fingerprint density at radius 2 is 2.06 bits per heavy atom. The molecule has 2 fully saturated rings. The van der Waals surface area contributed by atoms with Crippen LogP contribution in [0.4, 0.5) is 0 Å². The van der Waals surface area contributed by atoms with Crippen molar-refractivity contribution in [3.05, 3.63) is 0 Å². The first-order valence-electron chi connectivity index (χ1n) is 7.60. The summed E-state index contributed by atoms with van der Waals surface area (Å²) in [6.45, 7) is 7.05. The highest BCUT2D eigenvalue weighted by Gasteiger charge is 2.32. The average Bonchev–Trinajstić information content (AvgIpc) is 2.69. The van der Waals surface area contributed by atoms with E-state index < -0.39 is 0 Å². The lowest BCUT2D eigenvalue weighted by Crippen LogP contribution is -2.52. The van der Waals surface area contributed by atoms with Gasteiger partial charge in [-0.05, 0) is 45.3 Å². The van der Waals surface area contributed by atoms with Crippen LogP contribution in [0.2, 0.25) is 0 Å². The zero-order valence-electron chi connectivity index (χ0n) is 11.7. The normalized spacial score (nSPS) is 29.8. The van der Waals surface area contributed by atoms with Crippen LogP contribution < -0.4 is 5.73 Å². The van der Waals surface area contributed by atoms with Crippen LogP contribution >= 0.6 is 0 Å². The number of hydrogen-bond donors (Lipinski definition) is 2. The number of fused-ring (bicyclic) bond motifs is 1. The minimum Gasteiger partial charge on any atom is -0.395 e. The van der Waals surface area contributed by atoms with Gasteiger partial charge in [-0.15, -0.1) is 0 Å². The molecule has 0 spiro atoms. The molecule has 2 heterocycles. The van der Waals surface area contributed by atoms with Crippen molar-refractivity contribution in [2.45, 2.75) is 57.2 Å². The lowest BCUT2D eigenvalue weighted by Gasteiger charge is -2.35. The highest BCUT2D eigenvalue weighted by molar-refractivity contribution is 4.90. The van der Waals surface area contributed by atoms with Crippen LogP contribution in [0.5, 0.6) is 0 Å². The fourth-order valence-corrected chi connectivity index (χ4v) is 3.58. The number of nitrogens with two attached hydrogens (primary N) is 1. The molecule has 18 heavy (non-hydrogen) atoms. The Morgan fingerprint density at radius 1 is 1.28 bits per heavy atom. The SMILES string of the molecule is CCCC(N)C(CO)N1CCCN2CCCC2C1. The van der Waals surface area contributed by atoms with E-state index in [-0.39, 0.29) is 18.7 Å². The summed E-state index contributed by atoms with van der Waals surface area (Å²) < 4.78 is 0. The molecule has 2 rings (SSSR count). The van der Waals surface area contributed by atoms with Crippen molar-refractivity contribution in [3.8, 4) is 0 Å². The molecule has 0 aromatic heterocycles. The van der Waals surface area contributed by atoms with Crippen molar-refractivity contribution in [2.24, 2.45) is 5.73 Å². The highest BCUT2D eigenvalue weighted by Crippen LogP contribution is 2.23. The van der Waals surface area contributed by atoms with Gasteiger partial charge in [0, 0.05) is 24.7 Å². The van der Waals surface area contributed by atoms with Gasteiger partial charge in [0.2, 0.25) is 0 Å². The van der Waals surface area contributed by atoms with Crippen LogP contribution in [0, 0.1) is 0 Å². The van der Waals surface area contributed by atoms with E-state index in [4.69, 9.17) is 5.73 Å². The zero-order valence-corrected chi connectivity index (χ0v) is 11.7. The second-order valence-corrected chi connectivity index (χ2v) is 5.88. The van der Waals surface area contributed by atoms with Crippen molar-refractivity contribution in [2.75, 3.05) is 32.8 Å². The van der Waals surface area contributed by atoms with Crippen molar-refractivity contribution in [3.63, 3.8) is 0 Å². The molecule has 0 bridgehead atoms. The quantitative estimate of drug-likeness (QED) is 0.757. The summed E-state index contributed by atoms with van der Waals surface area (Å²) in [5, 5.41) is 9.67. The Kier molecular flexibility index (Phi) is 5.42. The summed E-state index contributed by atoms with van der Waals surface area (Å²) >= 11 is 0. The molecular weight excluding hydrogens is 226 g/mol. The average molecular weight is 255 g/mol. The second kappa shape index (κ2) is 6.85. The predicted octanol–water partition coefficient (Wildman–Crippen LogP) is 0.645. The van der Waals surface area contributed by atoms with Crippen LogP contribution in [0.3, 0.4) is 0 Å². The number of aliphatic hydroxyl groups excluding tert-OH is 1. The molecule has 0 saturated carbocycles. The van der Waals surface area contributed by atoms with E-state index in [0.717, 1.165) is 25.9 Å². The molecule has 3 unspecified atom stereocenters. The number of hydrogen-bond acceptors (Lipinski definition) is 4. The van der Waals surface area contributed by atoms with Gasteiger partial charge in [0.15, 0.2) is 0 Å². The Labute approximate surface area is 111 Å². The van der Waals surface area contributed by atoms with Gasteiger partial charge >= 0.3 is 0 Å². The molecule has 3 N–H and O–H groups in total. The molecule has 0 radical (unpaired) electrons. The van der Waals surface area contributed by atoms with Gasteiger partial charge in [0.25, 0.3) is 0 Å². The monoisotopic (exact) mass is 255 g/mol. The lowest BCUT2D eigenvalue weighted by molar-refractivity contribution is 0.0939. The van der Waals surface area contributed by atoms with Gasteiger partial charge in [0.05, 0.1) is 6.61 Å². The Hall–Kier alpha value is -0.160. The summed E-state index contributed by atoms with van der Waals surface area (Å²) in [4.78, 5) is 5.08. The van der Waals surface area contributed by atoms with Crippen LogP contribution in [-0.4, -0.2) is 65.8 Å². The van der Waals surface area contributed by atoms with Gasteiger partial charge in [-0.1, -0.05) is 13.3 Å². The number of aliphatic hydroxyl groups is 1. The summed E-state index contributed by atoms with van der Waals surface area (Å²) in [6.07, 6.45) is 5.98. The molecule has 3 atom stereocenters.